The summed E-state index contributed by atoms with van der Waals surface area (Å²) in [5, 5.41) is 0. The Kier molecular flexibility index (Phi) is 5.20. The van der Waals surface area contributed by atoms with Crippen LogP contribution in [0.1, 0.15) is 51.7 Å². The summed E-state index contributed by atoms with van der Waals surface area (Å²) in [5.41, 5.74) is 1.44. The fourth-order valence-corrected chi connectivity index (χ4v) is 2.98. The number of cyclic esters (lactones) is 2. The largest absolute Gasteiger partial charge is 0.406 e. The van der Waals surface area contributed by atoms with Crippen LogP contribution in [0, 0.1) is 11.8 Å². The summed E-state index contributed by atoms with van der Waals surface area (Å²) in [6.07, 6.45) is 1.34. The van der Waals surface area contributed by atoms with Gasteiger partial charge in [0.2, 0.25) is 11.8 Å². The average molecular weight is 356 g/mol. The van der Waals surface area contributed by atoms with Crippen molar-refractivity contribution < 1.29 is 19.1 Å². The van der Waals surface area contributed by atoms with Gasteiger partial charge in [-0.15, -0.1) is 0 Å². The second-order valence-corrected chi connectivity index (χ2v) is 7.58. The third kappa shape index (κ3) is 4.00. The van der Waals surface area contributed by atoms with Crippen molar-refractivity contribution in [3.8, 4) is 0 Å². The van der Waals surface area contributed by atoms with Gasteiger partial charge in [0.1, 0.15) is 0 Å². The zero-order valence-electron chi connectivity index (χ0n) is 15.6. The molecule has 0 bridgehead atoms. The molecule has 2 aliphatic heterocycles. The van der Waals surface area contributed by atoms with E-state index in [1.165, 1.54) is 0 Å². The van der Waals surface area contributed by atoms with E-state index in [0.717, 1.165) is 11.1 Å². The minimum absolute atomic E-state index is 0.302. The molecule has 3 rings (SSSR count). The van der Waals surface area contributed by atoms with Crippen molar-refractivity contribution in [1.82, 2.24) is 0 Å². The predicted octanol–water partition coefficient (Wildman–Crippen LogP) is 3.12. The lowest BCUT2D eigenvalue weighted by Crippen LogP contribution is -2.17. The molecular weight excluding hydrogens is 332 g/mol. The minimum Gasteiger partial charge on any atom is -0.406 e. The molecule has 26 heavy (non-hydrogen) atoms. The maximum absolute atomic E-state index is 11.9. The van der Waals surface area contributed by atoms with E-state index in [-0.39, 0.29) is 11.9 Å². The lowest BCUT2D eigenvalue weighted by Gasteiger charge is -2.05. The molecule has 1 aromatic rings. The molecule has 0 aliphatic carbocycles. The molecule has 0 spiro atoms. The summed E-state index contributed by atoms with van der Waals surface area (Å²) in [6, 6.07) is 6.33. The highest BCUT2D eigenvalue weighted by Crippen LogP contribution is 2.22. The standard InChI is InChI=1S/C20H24N2O4/c1-11(2)9-15-19(23)25-17(21-15)13-5-7-14(8-6-13)18-22-16(10-12(3)4)20(24)26-18/h5-8,11-12,15-16H,9-10H2,1-4H3. The van der Waals surface area contributed by atoms with Crippen molar-refractivity contribution in [3.05, 3.63) is 35.4 Å². The van der Waals surface area contributed by atoms with Crippen LogP contribution in [0.3, 0.4) is 0 Å². The molecule has 6 nitrogen and oxygen atoms in total. The van der Waals surface area contributed by atoms with E-state index in [2.05, 4.69) is 9.98 Å². The number of rotatable bonds is 6. The molecule has 0 amide bonds. The van der Waals surface area contributed by atoms with Crippen molar-refractivity contribution >= 4 is 23.7 Å². The van der Waals surface area contributed by atoms with Crippen LogP contribution in [-0.4, -0.2) is 35.8 Å². The molecule has 0 saturated carbocycles. The van der Waals surface area contributed by atoms with Crippen LogP contribution in [-0.2, 0) is 19.1 Å². The SMILES string of the molecule is CC(C)CC1N=C(c2ccc(C3=NC(CC(C)C)C(=O)O3)cc2)OC1=O. The molecule has 0 saturated heterocycles. The zero-order valence-corrected chi connectivity index (χ0v) is 15.6. The summed E-state index contributed by atoms with van der Waals surface area (Å²) < 4.78 is 10.6. The quantitative estimate of drug-likeness (QED) is 0.734. The highest BCUT2D eigenvalue weighted by atomic mass is 16.6. The number of nitrogens with zero attached hydrogens (tertiary/aromatic N) is 2. The van der Waals surface area contributed by atoms with Gasteiger partial charge in [-0.05, 0) is 48.9 Å². The molecule has 0 aromatic heterocycles. The third-order valence-electron chi connectivity index (χ3n) is 4.25. The van der Waals surface area contributed by atoms with Crippen molar-refractivity contribution in [2.24, 2.45) is 21.8 Å². The first-order valence-corrected chi connectivity index (χ1v) is 9.03. The average Bonchev–Trinajstić information content (AvgIpc) is 3.10. The van der Waals surface area contributed by atoms with Crippen LogP contribution in [0.4, 0.5) is 0 Å². The van der Waals surface area contributed by atoms with E-state index in [1.54, 1.807) is 24.3 Å². The number of hydrogen-bond acceptors (Lipinski definition) is 6. The topological polar surface area (TPSA) is 77.3 Å². The highest BCUT2D eigenvalue weighted by Gasteiger charge is 2.32. The number of hydrogen-bond donors (Lipinski definition) is 0. The molecule has 0 radical (unpaired) electrons. The summed E-state index contributed by atoms with van der Waals surface area (Å²) in [6.45, 7) is 8.19. The van der Waals surface area contributed by atoms with Gasteiger partial charge < -0.3 is 9.47 Å². The summed E-state index contributed by atoms with van der Waals surface area (Å²) in [4.78, 5) is 32.6. The van der Waals surface area contributed by atoms with Gasteiger partial charge in [-0.1, -0.05) is 27.7 Å². The van der Waals surface area contributed by atoms with E-state index in [4.69, 9.17) is 9.47 Å². The molecular formula is C20H24N2O4. The van der Waals surface area contributed by atoms with Crippen molar-refractivity contribution in [2.45, 2.75) is 52.6 Å². The van der Waals surface area contributed by atoms with Gasteiger partial charge in [0, 0.05) is 11.1 Å². The Morgan fingerprint density at radius 1 is 0.769 bits per heavy atom. The van der Waals surface area contributed by atoms with Crippen LogP contribution in [0.5, 0.6) is 0 Å². The first-order valence-electron chi connectivity index (χ1n) is 9.03. The molecule has 1 aromatic carbocycles. The van der Waals surface area contributed by atoms with Gasteiger partial charge in [0.25, 0.3) is 0 Å². The second-order valence-electron chi connectivity index (χ2n) is 7.58. The van der Waals surface area contributed by atoms with E-state index < -0.39 is 12.1 Å². The Bertz CT molecular complexity index is 698. The number of benzene rings is 1. The molecule has 138 valence electrons. The highest BCUT2D eigenvalue weighted by molar-refractivity contribution is 6.08. The maximum atomic E-state index is 11.9. The molecule has 2 unspecified atom stereocenters. The van der Waals surface area contributed by atoms with Crippen molar-refractivity contribution in [1.29, 1.82) is 0 Å². The van der Waals surface area contributed by atoms with Gasteiger partial charge in [-0.2, -0.15) is 0 Å². The smallest absolute Gasteiger partial charge is 0.337 e. The molecule has 0 fully saturated rings. The van der Waals surface area contributed by atoms with Crippen LogP contribution >= 0.6 is 0 Å². The summed E-state index contributed by atoms with van der Waals surface area (Å²) >= 11 is 0. The summed E-state index contributed by atoms with van der Waals surface area (Å²) in [5.74, 6) is 0.816. The van der Waals surface area contributed by atoms with Gasteiger partial charge in [-0.25, -0.2) is 19.6 Å². The van der Waals surface area contributed by atoms with Crippen molar-refractivity contribution in [3.63, 3.8) is 0 Å². The molecule has 2 atom stereocenters. The van der Waals surface area contributed by atoms with Crippen LogP contribution in [0.25, 0.3) is 0 Å². The number of carbonyl (C=O) groups excluding carboxylic acids is 2. The Morgan fingerprint density at radius 3 is 1.42 bits per heavy atom. The van der Waals surface area contributed by atoms with Crippen LogP contribution in [0.2, 0.25) is 0 Å². The van der Waals surface area contributed by atoms with E-state index in [0.29, 0.717) is 36.5 Å². The van der Waals surface area contributed by atoms with E-state index in [9.17, 15) is 9.59 Å². The fraction of sp³-hybridized carbons (Fsp3) is 0.500. The lowest BCUT2D eigenvalue weighted by molar-refractivity contribution is -0.136. The lowest BCUT2D eigenvalue weighted by atomic mass is 10.0. The first-order chi connectivity index (χ1) is 12.3. The maximum Gasteiger partial charge on any atom is 0.337 e. The fourth-order valence-electron chi connectivity index (χ4n) is 2.98. The molecule has 2 heterocycles. The molecule has 2 aliphatic rings. The van der Waals surface area contributed by atoms with Gasteiger partial charge >= 0.3 is 11.9 Å². The van der Waals surface area contributed by atoms with Crippen LogP contribution in [0.15, 0.2) is 34.3 Å². The van der Waals surface area contributed by atoms with Crippen LogP contribution < -0.4 is 0 Å². The van der Waals surface area contributed by atoms with E-state index in [1.807, 2.05) is 27.7 Å². The minimum atomic E-state index is -0.429. The molecule has 6 heteroatoms. The van der Waals surface area contributed by atoms with Gasteiger partial charge in [-0.3, -0.25) is 0 Å². The van der Waals surface area contributed by atoms with Gasteiger partial charge in [0.05, 0.1) is 0 Å². The Labute approximate surface area is 153 Å². The first kappa shape index (κ1) is 18.3. The number of aliphatic imine (C=N–C) groups is 2. The monoisotopic (exact) mass is 356 g/mol. The molecule has 0 N–H and O–H groups in total. The zero-order chi connectivity index (χ0) is 18.8. The number of carbonyl (C=O) groups is 2. The Balaban J connectivity index is 1.73. The van der Waals surface area contributed by atoms with E-state index >= 15 is 0 Å². The summed E-state index contributed by atoms with van der Waals surface area (Å²) in [7, 11) is 0. The second kappa shape index (κ2) is 7.40. The predicted molar refractivity (Wildman–Crippen MR) is 98.2 cm³/mol. The Morgan fingerprint density at radius 2 is 1.12 bits per heavy atom. The number of esters is 2. The normalized spacial score (nSPS) is 22.5. The number of ether oxygens (including phenoxy) is 2. The Hall–Kier alpha value is -2.50. The van der Waals surface area contributed by atoms with Crippen molar-refractivity contribution in [2.75, 3.05) is 0 Å². The van der Waals surface area contributed by atoms with Gasteiger partial charge in [0.15, 0.2) is 12.1 Å². The third-order valence-corrected chi connectivity index (χ3v) is 4.25.